The highest BCUT2D eigenvalue weighted by Gasteiger charge is 2.25. The first-order chi connectivity index (χ1) is 11.7. The molecule has 126 valence electrons. The molecule has 0 N–H and O–H groups in total. The van der Waals surface area contributed by atoms with E-state index in [1.807, 2.05) is 25.1 Å². The van der Waals surface area contributed by atoms with Crippen LogP contribution in [0.3, 0.4) is 0 Å². The molecule has 2 aromatic heterocycles. The van der Waals surface area contributed by atoms with Gasteiger partial charge in [0.15, 0.2) is 0 Å². The molecule has 24 heavy (non-hydrogen) atoms. The standard InChI is InChI=1S/C18H20N2O3S/c1-12-11-24-18(19-12)17-10-20(5-6-22-17)9-15-8-13-7-14(21-2)3-4-16(13)23-15/h3-4,7-8,11,17H,5-6,9-10H2,1-2H3/t17-/m0/s1. The Morgan fingerprint density at radius 1 is 1.38 bits per heavy atom. The Bertz CT molecular complexity index is 842. The highest BCUT2D eigenvalue weighted by molar-refractivity contribution is 7.09. The number of thiazole rings is 1. The minimum Gasteiger partial charge on any atom is -0.497 e. The summed E-state index contributed by atoms with van der Waals surface area (Å²) in [6.45, 7) is 5.26. The SMILES string of the molecule is COc1ccc2oc(CN3CCO[C@H](c4nc(C)cs4)C3)cc2c1. The number of hydrogen-bond donors (Lipinski definition) is 0. The lowest BCUT2D eigenvalue weighted by Gasteiger charge is -2.31. The lowest BCUT2D eigenvalue weighted by molar-refractivity contribution is -0.0346. The van der Waals surface area contributed by atoms with Crippen LogP contribution in [-0.4, -0.2) is 36.7 Å². The van der Waals surface area contributed by atoms with Crippen molar-refractivity contribution in [3.05, 3.63) is 46.1 Å². The Kier molecular flexibility index (Phi) is 4.26. The van der Waals surface area contributed by atoms with Crippen LogP contribution in [-0.2, 0) is 11.3 Å². The Labute approximate surface area is 144 Å². The van der Waals surface area contributed by atoms with Crippen LogP contribution in [0.5, 0.6) is 5.75 Å². The fourth-order valence-corrected chi connectivity index (χ4v) is 3.85. The number of nitrogens with zero attached hydrogens (tertiary/aromatic N) is 2. The van der Waals surface area contributed by atoms with Crippen LogP contribution in [0.4, 0.5) is 0 Å². The second-order valence-electron chi connectivity index (χ2n) is 6.04. The molecule has 1 aromatic carbocycles. The first kappa shape index (κ1) is 15.6. The normalized spacial score (nSPS) is 19.0. The number of aryl methyl sites for hydroxylation is 1. The van der Waals surface area contributed by atoms with Gasteiger partial charge in [0.2, 0.25) is 0 Å². The summed E-state index contributed by atoms with van der Waals surface area (Å²) in [5.41, 5.74) is 1.95. The van der Waals surface area contributed by atoms with Crippen molar-refractivity contribution < 1.29 is 13.9 Å². The van der Waals surface area contributed by atoms with E-state index in [-0.39, 0.29) is 6.10 Å². The van der Waals surface area contributed by atoms with Gasteiger partial charge in [0.05, 0.1) is 20.3 Å². The molecule has 0 amide bonds. The summed E-state index contributed by atoms with van der Waals surface area (Å²) >= 11 is 1.67. The van der Waals surface area contributed by atoms with E-state index in [0.29, 0.717) is 0 Å². The highest BCUT2D eigenvalue weighted by Crippen LogP contribution is 2.28. The van der Waals surface area contributed by atoms with Crippen molar-refractivity contribution in [3.8, 4) is 5.75 Å². The Morgan fingerprint density at radius 2 is 2.29 bits per heavy atom. The van der Waals surface area contributed by atoms with Gasteiger partial charge in [-0.1, -0.05) is 0 Å². The van der Waals surface area contributed by atoms with E-state index in [0.717, 1.165) is 59.4 Å². The van der Waals surface area contributed by atoms with Gasteiger partial charge in [-0.05, 0) is 31.2 Å². The van der Waals surface area contributed by atoms with Crippen LogP contribution < -0.4 is 4.74 Å². The van der Waals surface area contributed by atoms with Crippen LogP contribution in [0.2, 0.25) is 0 Å². The van der Waals surface area contributed by atoms with Crippen molar-refractivity contribution in [3.63, 3.8) is 0 Å². The zero-order valence-corrected chi connectivity index (χ0v) is 14.6. The third kappa shape index (κ3) is 3.17. The van der Waals surface area contributed by atoms with E-state index >= 15 is 0 Å². The minimum atomic E-state index is 0.0573. The summed E-state index contributed by atoms with van der Waals surface area (Å²) in [6.07, 6.45) is 0.0573. The highest BCUT2D eigenvalue weighted by atomic mass is 32.1. The van der Waals surface area contributed by atoms with E-state index in [9.17, 15) is 0 Å². The molecule has 0 bridgehead atoms. The maximum atomic E-state index is 5.96. The number of rotatable bonds is 4. The summed E-state index contributed by atoms with van der Waals surface area (Å²) < 4.78 is 17.1. The molecule has 1 atom stereocenters. The molecule has 1 aliphatic heterocycles. The van der Waals surface area contributed by atoms with E-state index in [4.69, 9.17) is 13.9 Å². The smallest absolute Gasteiger partial charge is 0.134 e. The van der Waals surface area contributed by atoms with Gasteiger partial charge < -0.3 is 13.9 Å². The zero-order chi connectivity index (χ0) is 16.5. The molecule has 0 radical (unpaired) electrons. The zero-order valence-electron chi connectivity index (χ0n) is 13.8. The van der Waals surface area contributed by atoms with Gasteiger partial charge in [-0.25, -0.2) is 4.98 Å². The third-order valence-corrected chi connectivity index (χ3v) is 5.27. The van der Waals surface area contributed by atoms with Crippen molar-refractivity contribution in [1.29, 1.82) is 0 Å². The molecular formula is C18H20N2O3S. The van der Waals surface area contributed by atoms with Crippen molar-refractivity contribution in [2.75, 3.05) is 26.8 Å². The maximum Gasteiger partial charge on any atom is 0.134 e. The summed E-state index contributed by atoms with van der Waals surface area (Å²) in [4.78, 5) is 6.92. The second-order valence-corrected chi connectivity index (χ2v) is 6.93. The monoisotopic (exact) mass is 344 g/mol. The molecule has 4 rings (SSSR count). The van der Waals surface area contributed by atoms with E-state index in [1.54, 1.807) is 18.4 Å². The van der Waals surface area contributed by atoms with Gasteiger partial charge in [0.1, 0.15) is 28.2 Å². The third-order valence-electron chi connectivity index (χ3n) is 4.22. The fraction of sp³-hybridized carbons (Fsp3) is 0.389. The van der Waals surface area contributed by atoms with Gasteiger partial charge in [0, 0.05) is 29.5 Å². The molecule has 0 spiro atoms. The summed E-state index contributed by atoms with van der Waals surface area (Å²) in [6, 6.07) is 7.97. The van der Waals surface area contributed by atoms with Crippen LogP contribution in [0, 0.1) is 6.92 Å². The van der Waals surface area contributed by atoms with Gasteiger partial charge in [0.25, 0.3) is 0 Å². The number of furan rings is 1. The second kappa shape index (κ2) is 6.55. The summed E-state index contributed by atoms with van der Waals surface area (Å²) in [5.74, 6) is 1.81. The van der Waals surface area contributed by atoms with Gasteiger partial charge in [-0.15, -0.1) is 11.3 Å². The Morgan fingerprint density at radius 3 is 3.08 bits per heavy atom. The quantitative estimate of drug-likeness (QED) is 0.721. The molecule has 0 saturated carbocycles. The Balaban J connectivity index is 1.48. The number of hydrogen-bond acceptors (Lipinski definition) is 6. The van der Waals surface area contributed by atoms with Crippen LogP contribution >= 0.6 is 11.3 Å². The molecule has 3 aromatic rings. The number of benzene rings is 1. The van der Waals surface area contributed by atoms with Crippen LogP contribution in [0.25, 0.3) is 11.0 Å². The maximum absolute atomic E-state index is 5.96. The van der Waals surface area contributed by atoms with Gasteiger partial charge in [-0.3, -0.25) is 4.90 Å². The van der Waals surface area contributed by atoms with Crippen LogP contribution in [0.1, 0.15) is 22.6 Å². The molecular weight excluding hydrogens is 324 g/mol. The average Bonchev–Trinajstić information content (AvgIpc) is 3.20. The van der Waals surface area contributed by atoms with Crippen LogP contribution in [0.15, 0.2) is 34.1 Å². The number of aromatic nitrogens is 1. The molecule has 1 aliphatic rings. The summed E-state index contributed by atoms with van der Waals surface area (Å²) in [5, 5.41) is 4.21. The molecule has 5 nitrogen and oxygen atoms in total. The number of morpholine rings is 1. The molecule has 6 heteroatoms. The molecule has 0 aliphatic carbocycles. The minimum absolute atomic E-state index is 0.0573. The Hall–Kier alpha value is -1.89. The predicted molar refractivity (Wildman–Crippen MR) is 93.6 cm³/mol. The number of fused-ring (bicyclic) bond motifs is 1. The predicted octanol–water partition coefficient (Wildman–Crippen LogP) is 3.78. The van der Waals surface area contributed by atoms with E-state index in [2.05, 4.69) is 21.3 Å². The van der Waals surface area contributed by atoms with Crippen molar-refractivity contribution in [2.45, 2.75) is 19.6 Å². The molecule has 1 saturated heterocycles. The van der Waals surface area contributed by atoms with E-state index < -0.39 is 0 Å². The number of ether oxygens (including phenoxy) is 2. The van der Waals surface area contributed by atoms with E-state index in [1.165, 1.54) is 0 Å². The van der Waals surface area contributed by atoms with Crippen molar-refractivity contribution in [2.24, 2.45) is 0 Å². The first-order valence-electron chi connectivity index (χ1n) is 8.04. The topological polar surface area (TPSA) is 47.7 Å². The molecule has 0 unspecified atom stereocenters. The molecule has 3 heterocycles. The lowest BCUT2D eigenvalue weighted by Crippen LogP contribution is -2.37. The number of methoxy groups -OCH3 is 1. The van der Waals surface area contributed by atoms with Gasteiger partial charge in [-0.2, -0.15) is 0 Å². The first-order valence-corrected chi connectivity index (χ1v) is 8.91. The largest absolute Gasteiger partial charge is 0.497 e. The summed E-state index contributed by atoms with van der Waals surface area (Å²) in [7, 11) is 1.68. The van der Waals surface area contributed by atoms with Gasteiger partial charge >= 0.3 is 0 Å². The van der Waals surface area contributed by atoms with Crippen molar-refractivity contribution in [1.82, 2.24) is 9.88 Å². The molecule has 1 fully saturated rings. The fourth-order valence-electron chi connectivity index (χ4n) is 3.02. The lowest BCUT2D eigenvalue weighted by atomic mass is 10.2. The average molecular weight is 344 g/mol. The van der Waals surface area contributed by atoms with Crippen molar-refractivity contribution >= 4 is 22.3 Å².